The summed E-state index contributed by atoms with van der Waals surface area (Å²) in [5, 5.41) is 8.14. The van der Waals surface area contributed by atoms with Crippen LogP contribution in [-0.2, 0) is 144 Å². The second-order valence-corrected chi connectivity index (χ2v) is 26.0. The zero-order valence-electron chi connectivity index (χ0n) is 73.0. The number of hydrogen-bond acceptors (Lipinski definition) is 0. The molecule has 4 heteroatoms. The zero-order valence-corrected chi connectivity index (χ0v) is 84.4. The summed E-state index contributed by atoms with van der Waals surface area (Å²) in [7, 11) is 0. The van der Waals surface area contributed by atoms with E-state index in [1.807, 2.05) is 184 Å². The number of rotatable bonds is 2. The molecule has 0 spiro atoms. The van der Waals surface area contributed by atoms with E-state index in [4.69, 9.17) is 0 Å². The maximum Gasteiger partial charge on any atom is 0 e. The molecule has 0 nitrogen and oxygen atoms in total. The van der Waals surface area contributed by atoms with E-state index in [0.29, 0.717) is 0 Å². The van der Waals surface area contributed by atoms with Crippen LogP contribution in [0.25, 0.3) is 32.3 Å². The van der Waals surface area contributed by atoms with Crippen molar-refractivity contribution in [2.45, 2.75) is 215 Å². The molecule has 0 unspecified atom stereocenters. The molecule has 0 heterocycles. The van der Waals surface area contributed by atoms with Crippen LogP contribution in [0.4, 0.5) is 0 Å². The van der Waals surface area contributed by atoms with Gasteiger partial charge in [0, 0.05) is 131 Å². The number of hydrogen-bond donors (Lipinski definition) is 0. The van der Waals surface area contributed by atoms with Crippen molar-refractivity contribution in [2.75, 3.05) is 0 Å². The summed E-state index contributed by atoms with van der Waals surface area (Å²) in [5.41, 5.74) is 28.0. The third-order valence-electron chi connectivity index (χ3n) is 16.9. The minimum Gasteiger partial charge on any atom is -0.316 e. The van der Waals surface area contributed by atoms with Gasteiger partial charge in [0.25, 0.3) is 0 Å². The van der Waals surface area contributed by atoms with Crippen molar-refractivity contribution in [3.8, 4) is 0 Å². The van der Waals surface area contributed by atoms with Gasteiger partial charge in [-0.2, -0.15) is 215 Å². The molecule has 0 aromatic heterocycles. The molecule has 0 aliphatic carbocycles. The minimum absolute atomic E-state index is 0. The van der Waals surface area contributed by atoms with Crippen LogP contribution >= 0.6 is 0 Å². The van der Waals surface area contributed by atoms with Gasteiger partial charge in [-0.1, -0.05) is 236 Å². The van der Waals surface area contributed by atoms with Crippen molar-refractivity contribution in [3.05, 3.63) is 426 Å². The van der Waals surface area contributed by atoms with Crippen LogP contribution in [0.1, 0.15) is 187 Å². The first-order valence-corrected chi connectivity index (χ1v) is 38.3. The summed E-state index contributed by atoms with van der Waals surface area (Å²) in [6, 6.07) is 113. The van der Waals surface area contributed by atoms with Crippen LogP contribution in [0.15, 0.2) is 261 Å². The van der Waals surface area contributed by atoms with Crippen molar-refractivity contribution in [3.63, 3.8) is 0 Å². The monoisotopic (exact) mass is 1800 g/mol. The van der Waals surface area contributed by atoms with Gasteiger partial charge < -0.3 is 12.1 Å². The van der Waals surface area contributed by atoms with Crippen LogP contribution in [0, 0.1) is 180 Å². The van der Waals surface area contributed by atoms with Gasteiger partial charge in [-0.05, 0) is 172 Å². The molecule has 0 atom stereocenters. The molecule has 0 fully saturated rings. The van der Waals surface area contributed by atoms with Gasteiger partial charge >= 0.3 is 0 Å². The maximum atomic E-state index is 3.10. The Morgan fingerprint density at radius 3 is 0.805 bits per heavy atom. The largest absolute Gasteiger partial charge is 0.316 e. The fraction of sp³-hybridized carbons (Fsp3) is 0.284. The molecule has 14 aromatic rings. The van der Waals surface area contributed by atoms with Crippen molar-refractivity contribution in [1.29, 1.82) is 0 Å². The third-order valence-corrected chi connectivity index (χ3v) is 16.9. The average molecular weight is 1800 g/mol. The first-order chi connectivity index (χ1) is 51.4. The van der Waals surface area contributed by atoms with Crippen molar-refractivity contribution < 1.29 is 131 Å². The first-order valence-electron chi connectivity index (χ1n) is 38.3. The molecular formula is C109H136Y4-8. The normalized spacial score (nSPS) is 8.84. The standard InChI is InChI=1S/C14H16.2C13H14.C9H12.2C9H11.C8H9.C8H8.3C6H5.3C2H6.2CH4.4Y/c1-9-5-13-7-11(3)12(4)8-14(13)6-10(9)2;1-9-4-5-12-7-10(2)6-11(3)13(12)8-9;1-9-4-5-12-7-10(2)11(3)8-13(12)6-9;1-7-4-5-8(2)9(3)6-7;2*1-3-9-7-5-4-6-8(9)2;2*1-7-3-5-8(2)6-4-7;3*1-2-4-6-5-3-1;3*1-2;;;;;;/h5-8H,1-4H3;2*4-8H,1-3H3;4-6H,1-3H3;2*4,6-7H,3H2,1-2H3;3-5H,1-2H3;3,6H,1-2H3;3*1-5H;3*1-2H3;2*1H4;;;;/q;;;;3*-1;-2;3*-1;;;;;;;;;. The van der Waals surface area contributed by atoms with E-state index in [9.17, 15) is 0 Å². The Labute approximate surface area is 794 Å². The average Bonchev–Trinajstić information content (AvgIpc) is 0.822. The van der Waals surface area contributed by atoms with Crippen molar-refractivity contribution in [1.82, 2.24) is 0 Å². The molecule has 592 valence electrons. The Morgan fingerprint density at radius 2 is 0.513 bits per heavy atom. The summed E-state index contributed by atoms with van der Waals surface area (Å²) >= 11 is 0. The molecule has 0 aliphatic heterocycles. The summed E-state index contributed by atoms with van der Waals surface area (Å²) in [6.07, 6.45) is 2.23. The van der Waals surface area contributed by atoms with Gasteiger partial charge in [0.15, 0.2) is 0 Å². The van der Waals surface area contributed by atoms with Gasteiger partial charge in [0.1, 0.15) is 0 Å². The van der Waals surface area contributed by atoms with Gasteiger partial charge in [-0.3, -0.25) is 23.3 Å². The van der Waals surface area contributed by atoms with Gasteiger partial charge in [-0.15, -0.1) is 13.8 Å². The van der Waals surface area contributed by atoms with Crippen LogP contribution < -0.4 is 0 Å². The summed E-state index contributed by atoms with van der Waals surface area (Å²) < 4.78 is 0. The summed E-state index contributed by atoms with van der Waals surface area (Å²) in [5.74, 6) is 0. The Bertz CT molecular complexity index is 4240. The molecule has 113 heavy (non-hydrogen) atoms. The van der Waals surface area contributed by atoms with E-state index >= 15 is 0 Å². The molecule has 0 amide bonds. The van der Waals surface area contributed by atoms with Crippen LogP contribution in [0.2, 0.25) is 0 Å². The van der Waals surface area contributed by atoms with Gasteiger partial charge in [0.2, 0.25) is 0 Å². The van der Waals surface area contributed by atoms with E-state index in [2.05, 4.69) is 313 Å². The van der Waals surface area contributed by atoms with E-state index in [0.717, 1.165) is 24.0 Å². The molecule has 0 N–H and O–H groups in total. The van der Waals surface area contributed by atoms with Crippen LogP contribution in [0.5, 0.6) is 0 Å². The molecule has 14 rings (SSSR count). The Balaban J connectivity index is -0.000000278. The predicted octanol–water partition coefficient (Wildman–Crippen LogP) is 31.7. The number of benzene rings is 14. The molecule has 0 saturated carbocycles. The fourth-order valence-corrected chi connectivity index (χ4v) is 10.2. The maximum absolute atomic E-state index is 3.10. The fourth-order valence-electron chi connectivity index (χ4n) is 10.2. The molecule has 14 aromatic carbocycles. The van der Waals surface area contributed by atoms with Crippen molar-refractivity contribution >= 4 is 32.3 Å². The second-order valence-electron chi connectivity index (χ2n) is 26.0. The van der Waals surface area contributed by atoms with Crippen LogP contribution in [0.3, 0.4) is 0 Å². The first kappa shape index (κ1) is 118. The second kappa shape index (κ2) is 71.6. The topological polar surface area (TPSA) is 0 Å². The third kappa shape index (κ3) is 51.9. The van der Waals surface area contributed by atoms with Crippen LogP contribution in [-0.4, -0.2) is 0 Å². The summed E-state index contributed by atoms with van der Waals surface area (Å²) in [6.45, 7) is 56.7. The predicted molar refractivity (Wildman–Crippen MR) is 490 cm³/mol. The number of aryl methyl sites for hydroxylation is 21. The molecule has 0 bridgehead atoms. The summed E-state index contributed by atoms with van der Waals surface area (Å²) in [4.78, 5) is 0. The Morgan fingerprint density at radius 1 is 0.212 bits per heavy atom. The quantitative estimate of drug-likeness (QED) is 0.151. The minimum atomic E-state index is 0. The zero-order chi connectivity index (χ0) is 80.1. The van der Waals surface area contributed by atoms with E-state index in [1.54, 1.807) is 0 Å². The van der Waals surface area contributed by atoms with E-state index in [1.165, 1.54) is 138 Å². The SMILES string of the molecule is C.C.CC.CC.CC.CCc1c[c-]ccc1C.CCc1c[c-]ccc1C.Cc1[c-]cc(C)[c-]c1.Cc1[c-]cc(C)cc1.Cc1cc(C)c2cc(C)ccc2c1.Cc1cc2cc(C)c(C)cc2cc1C.Cc1ccc(C)c(C)c1.Cc1ccc2cc(C)c(C)cc2c1.[Y].[Y].[Y].[Y].[c-]1ccccc1.[c-]1ccccc1.[c-]1ccccc1. The van der Waals surface area contributed by atoms with Gasteiger partial charge in [-0.25, -0.2) is 0 Å². The molecule has 4 radical (unpaired) electrons. The Kier molecular flexibility index (Phi) is 74.8. The van der Waals surface area contributed by atoms with E-state index in [-0.39, 0.29) is 146 Å². The van der Waals surface area contributed by atoms with Gasteiger partial charge in [0.05, 0.1) is 0 Å². The molecular weight excluding hydrogens is 1660 g/mol. The molecule has 0 saturated heterocycles. The number of fused-ring (bicyclic) bond motifs is 3. The molecule has 0 aliphatic rings. The van der Waals surface area contributed by atoms with E-state index < -0.39 is 0 Å². The smallest absolute Gasteiger partial charge is 0 e. The Hall–Kier alpha value is -5.72. The van der Waals surface area contributed by atoms with Crippen molar-refractivity contribution in [2.24, 2.45) is 0 Å².